The van der Waals surface area contributed by atoms with Crippen LogP contribution in [0.15, 0.2) is 0 Å². The van der Waals surface area contributed by atoms with E-state index in [0.29, 0.717) is 23.2 Å². The topological polar surface area (TPSA) is 82.6 Å². The summed E-state index contributed by atoms with van der Waals surface area (Å²) >= 11 is 1.96. The van der Waals surface area contributed by atoms with E-state index in [4.69, 9.17) is 10.8 Å². The van der Waals surface area contributed by atoms with Crippen LogP contribution >= 0.6 is 35.0 Å². The number of nitrogens with zero attached hydrogens (tertiary/aromatic N) is 4. The molecular weight excluding hydrogens is 659 g/mol. The minimum Gasteiger partial charge on any atom is -0.379 e. The van der Waals surface area contributed by atoms with E-state index in [9.17, 15) is 14.4 Å². The van der Waals surface area contributed by atoms with E-state index >= 15 is 0 Å². The molecule has 4 atom stereocenters. The number of likely N-dealkylation sites (N-methyl/N-ethyl adjacent to an activating group) is 1. The van der Waals surface area contributed by atoms with Gasteiger partial charge >= 0.3 is 6.03 Å². The Morgan fingerprint density at radius 1 is 0.927 bits per heavy atom. The number of imide groups is 1. The summed E-state index contributed by atoms with van der Waals surface area (Å²) in [6.45, 7) is 19.8. The van der Waals surface area contributed by atoms with Crippen LogP contribution in [0.3, 0.4) is 0 Å². The summed E-state index contributed by atoms with van der Waals surface area (Å²) in [7, 11) is 1.73. The van der Waals surface area contributed by atoms with Crippen LogP contribution < -0.4 is 0 Å². The Morgan fingerprint density at radius 3 is 1.90 bits per heavy atom. The standard InChI is InChI=1S/C15H29NO2.C14H25N3O3.CH3I.ClH/c1-4-13(3)14(5-2)15(17)7-6-8-16-9-11-18-12-10-16;1-4-11(2)12-13(18)17(14(19)15(12)3)6-5-16-7-9-20-10-8-16;1-2;/h13-14H,4-12H2,1-3H3;11-12H,4-10H2,1-3H3;1H3;1H/t13-,14-;11-,12?;;/m00../s1/i;;1D;. The third kappa shape index (κ3) is 13.3. The third-order valence-electron chi connectivity index (χ3n) is 8.58. The second-order valence-corrected chi connectivity index (χ2v) is 11.1. The van der Waals surface area contributed by atoms with Crippen LogP contribution in [0.2, 0.25) is 0 Å². The molecule has 11 heteroatoms. The van der Waals surface area contributed by atoms with E-state index in [1.54, 1.807) is 11.9 Å². The fourth-order valence-corrected chi connectivity index (χ4v) is 5.57. The highest BCUT2D eigenvalue weighted by molar-refractivity contribution is 14.1. The van der Waals surface area contributed by atoms with Crippen molar-refractivity contribution in [3.05, 3.63) is 0 Å². The number of rotatable bonds is 13. The lowest BCUT2D eigenvalue weighted by Gasteiger charge is -2.27. The Bertz CT molecular complexity index is 759. The lowest BCUT2D eigenvalue weighted by molar-refractivity contribution is -0.129. The maximum absolute atomic E-state index is 12.4. The average molecular weight is 718 g/mol. The molecule has 242 valence electrons. The number of alkyl halides is 1. The number of carbonyl (C=O) groups is 3. The van der Waals surface area contributed by atoms with Crippen molar-refractivity contribution < 1.29 is 25.2 Å². The lowest BCUT2D eigenvalue weighted by Crippen LogP contribution is -2.43. The van der Waals surface area contributed by atoms with Gasteiger partial charge in [0.25, 0.3) is 5.91 Å². The highest BCUT2D eigenvalue weighted by Gasteiger charge is 2.44. The number of hydrogen-bond acceptors (Lipinski definition) is 7. The van der Waals surface area contributed by atoms with Gasteiger partial charge in [-0.15, -0.1) is 12.4 Å². The number of morpholine rings is 2. The summed E-state index contributed by atoms with van der Waals surface area (Å²) in [4.78, 5) is 44.9. The maximum atomic E-state index is 12.4. The molecule has 0 N–H and O–H groups in total. The molecule has 3 fully saturated rings. The minimum absolute atomic E-state index is 0. The number of ketones is 1. The predicted octanol–water partition coefficient (Wildman–Crippen LogP) is 4.84. The van der Waals surface area contributed by atoms with Gasteiger partial charge in [0.15, 0.2) is 0 Å². The van der Waals surface area contributed by atoms with Crippen molar-refractivity contribution in [2.75, 3.05) is 84.2 Å². The van der Waals surface area contributed by atoms with Gasteiger partial charge in [-0.05, 0) is 36.1 Å². The van der Waals surface area contributed by atoms with Crippen molar-refractivity contribution in [2.45, 2.75) is 72.8 Å². The van der Waals surface area contributed by atoms with Crippen LogP contribution in [0.1, 0.15) is 68.1 Å². The van der Waals surface area contributed by atoms with Gasteiger partial charge in [0.2, 0.25) is 0 Å². The van der Waals surface area contributed by atoms with Crippen molar-refractivity contribution in [1.29, 1.82) is 0 Å². The summed E-state index contributed by atoms with van der Waals surface area (Å²) in [6, 6.07) is -0.453. The third-order valence-corrected chi connectivity index (χ3v) is 8.58. The molecule has 3 rings (SSSR count). The van der Waals surface area contributed by atoms with E-state index < -0.39 is 0 Å². The Hall–Kier alpha value is -0.530. The normalized spacial score (nSPS) is 22.4. The molecule has 0 spiro atoms. The first-order valence-electron chi connectivity index (χ1n) is 15.9. The summed E-state index contributed by atoms with van der Waals surface area (Å²) in [5.41, 5.74) is 0. The quantitative estimate of drug-likeness (QED) is 0.153. The molecule has 3 amide bonds. The lowest BCUT2D eigenvalue weighted by atomic mass is 9.84. The van der Waals surface area contributed by atoms with E-state index in [-0.39, 0.29) is 42.2 Å². The molecule has 0 aliphatic carbocycles. The molecule has 41 heavy (non-hydrogen) atoms. The molecule has 0 aromatic heterocycles. The zero-order valence-electron chi connectivity index (χ0n) is 27.4. The second-order valence-electron chi connectivity index (χ2n) is 11.1. The van der Waals surface area contributed by atoms with Crippen molar-refractivity contribution in [3.8, 4) is 0 Å². The summed E-state index contributed by atoms with van der Waals surface area (Å²) in [5, 5.41) is 0. The number of hydrogen-bond donors (Lipinski definition) is 0. The highest BCUT2D eigenvalue weighted by atomic mass is 127. The zero-order chi connectivity index (χ0) is 30.8. The number of ether oxygens (including phenoxy) is 2. The molecule has 3 aliphatic heterocycles. The summed E-state index contributed by atoms with van der Waals surface area (Å²) < 4.78 is 16.8. The highest BCUT2D eigenvalue weighted by Crippen LogP contribution is 2.24. The van der Waals surface area contributed by atoms with Crippen LogP contribution in [-0.2, 0) is 19.1 Å². The minimum atomic E-state index is -0.294. The monoisotopic (exact) mass is 717 g/mol. The van der Waals surface area contributed by atoms with Crippen LogP contribution in [0, 0.1) is 17.8 Å². The van der Waals surface area contributed by atoms with E-state index in [1.807, 2.05) is 36.4 Å². The Balaban J connectivity index is 0.000000720. The fraction of sp³-hybridized carbons (Fsp3) is 0.900. The largest absolute Gasteiger partial charge is 0.379 e. The second kappa shape index (κ2) is 22.9. The first-order chi connectivity index (χ1) is 19.7. The van der Waals surface area contributed by atoms with Crippen LogP contribution in [0.25, 0.3) is 0 Å². The average Bonchev–Trinajstić information content (AvgIpc) is 3.20. The molecule has 9 nitrogen and oxygen atoms in total. The number of Topliss-reactive ketones (excluding diaryl/α,β-unsaturated/α-hetero) is 1. The van der Waals surface area contributed by atoms with E-state index in [2.05, 4.69) is 30.6 Å². The van der Waals surface area contributed by atoms with Gasteiger partial charge in [-0.2, -0.15) is 0 Å². The molecule has 3 saturated heterocycles. The van der Waals surface area contributed by atoms with Gasteiger partial charge in [-0.25, -0.2) is 4.79 Å². The van der Waals surface area contributed by atoms with Crippen molar-refractivity contribution in [1.82, 2.24) is 19.6 Å². The van der Waals surface area contributed by atoms with Crippen molar-refractivity contribution >= 4 is 52.7 Å². The molecule has 0 aromatic rings. The number of carbonyl (C=O) groups excluding carboxylic acids is 3. The Labute approximate surface area is 271 Å². The zero-order valence-corrected chi connectivity index (χ0v) is 29.4. The molecule has 3 aliphatic rings. The van der Waals surface area contributed by atoms with Gasteiger partial charge < -0.3 is 14.4 Å². The smallest absolute Gasteiger partial charge is 0.327 e. The number of halogens is 2. The van der Waals surface area contributed by atoms with Gasteiger partial charge in [-0.1, -0.05) is 70.1 Å². The number of amides is 3. The number of urea groups is 1. The molecule has 0 radical (unpaired) electrons. The van der Waals surface area contributed by atoms with Crippen molar-refractivity contribution in [3.63, 3.8) is 0 Å². The molecule has 0 aromatic carbocycles. The van der Waals surface area contributed by atoms with Gasteiger partial charge in [0.05, 0.1) is 26.4 Å². The van der Waals surface area contributed by atoms with Crippen LogP contribution in [-0.4, -0.2) is 128 Å². The fourth-order valence-electron chi connectivity index (χ4n) is 5.57. The van der Waals surface area contributed by atoms with Gasteiger partial charge in [0, 0.05) is 60.0 Å². The predicted molar refractivity (Wildman–Crippen MR) is 177 cm³/mol. The van der Waals surface area contributed by atoms with Crippen LogP contribution in [0.5, 0.6) is 0 Å². The maximum Gasteiger partial charge on any atom is 0.327 e. The SMILES string of the molecule is CC[C@H](C(=O)CCCN1CCOCC1)[C@@H](C)CC.CC[C@H](C)C1C(=O)N(CCN2CCOCC2)C(=O)N1C.Cl.[2H]CI. The van der Waals surface area contributed by atoms with E-state index in [0.717, 1.165) is 97.8 Å². The Morgan fingerprint density at radius 2 is 1.44 bits per heavy atom. The first kappa shape index (κ1) is 38.5. The molecule has 1 unspecified atom stereocenters. The molecule has 3 heterocycles. The molecule has 0 bridgehead atoms. The summed E-state index contributed by atoms with van der Waals surface area (Å²) in [5.74, 6) is 1.44. The first-order valence-corrected chi connectivity index (χ1v) is 16.7. The van der Waals surface area contributed by atoms with Gasteiger partial charge in [-0.3, -0.25) is 24.3 Å². The van der Waals surface area contributed by atoms with E-state index in [1.165, 1.54) is 4.90 Å². The summed E-state index contributed by atoms with van der Waals surface area (Å²) in [6.07, 6.45) is 4.75. The van der Waals surface area contributed by atoms with Gasteiger partial charge in [0.1, 0.15) is 11.8 Å². The Kier molecular flexibility index (Phi) is 21.5. The van der Waals surface area contributed by atoms with Crippen LogP contribution in [0.4, 0.5) is 4.79 Å². The van der Waals surface area contributed by atoms with Crippen molar-refractivity contribution in [2.24, 2.45) is 17.8 Å². The molecular formula is C30H58ClIN4O5. The molecule has 0 saturated carbocycles.